The van der Waals surface area contributed by atoms with Crippen LogP contribution in [0.3, 0.4) is 0 Å². The fraction of sp³-hybridized carbons (Fsp3) is 0.482. The summed E-state index contributed by atoms with van der Waals surface area (Å²) in [5.74, 6) is 3.74. The molecule has 8 aliphatic rings. The minimum Gasteiger partial charge on any atom is -0.493 e. The number of aliphatic imine (C=N–C) groups is 1. The lowest BCUT2D eigenvalue weighted by molar-refractivity contribution is -0.140. The average molecular weight is 1540 g/mol. The number of benzene rings is 5. The Morgan fingerprint density at radius 1 is 0.827 bits per heavy atom. The van der Waals surface area contributed by atoms with Crippen molar-refractivity contribution in [3.05, 3.63) is 135 Å². The third kappa shape index (κ3) is 18.9. The Balaban J connectivity index is 0.000000161. The molecule has 1 saturated heterocycles. The van der Waals surface area contributed by atoms with E-state index >= 15 is 0 Å². The molecule has 7 fully saturated rings. The van der Waals surface area contributed by atoms with Crippen molar-refractivity contribution in [2.75, 3.05) is 67.3 Å². The van der Waals surface area contributed by atoms with Crippen LogP contribution in [0, 0.1) is 43.4 Å². The number of imide groups is 1. The van der Waals surface area contributed by atoms with E-state index in [0.29, 0.717) is 90.6 Å². The molecule has 4 heterocycles. The maximum atomic E-state index is 14.2. The number of alkyl halides is 1. The predicted molar refractivity (Wildman–Crippen MR) is 427 cm³/mol. The van der Waals surface area contributed by atoms with Gasteiger partial charge >= 0.3 is 12.1 Å². The number of carbonyl (C=O) groups excluding carboxylic acids is 7. The lowest BCUT2D eigenvalue weighted by Crippen LogP contribution is -2.60. The molecule has 4 bridgehead atoms. The number of ether oxygens (including phenoxy) is 4. The number of aryl methyl sites for hydroxylation is 1. The molecule has 9 N–H and O–H groups in total. The second-order valence-corrected chi connectivity index (χ2v) is 31.9. The Morgan fingerprint density at radius 2 is 1.51 bits per heavy atom. The molecule has 6 amide bonds. The molecule has 0 spiro atoms. The molecule has 584 valence electrons. The van der Waals surface area contributed by atoms with Crippen molar-refractivity contribution in [2.45, 2.75) is 178 Å². The van der Waals surface area contributed by atoms with Crippen LogP contribution in [0.5, 0.6) is 17.2 Å². The number of carbonyl (C=O) groups is 8. The van der Waals surface area contributed by atoms with E-state index in [9.17, 15) is 48.3 Å². The Morgan fingerprint density at radius 3 is 2.15 bits per heavy atom. The van der Waals surface area contributed by atoms with E-state index in [-0.39, 0.29) is 88.3 Å². The van der Waals surface area contributed by atoms with Gasteiger partial charge < -0.3 is 60.4 Å². The molecular formula is C83H100ClN11O14S. The van der Waals surface area contributed by atoms with E-state index in [4.69, 9.17) is 36.3 Å². The number of aliphatic carboxylic acids is 1. The minimum absolute atomic E-state index is 0.00327. The molecule has 2 aliphatic heterocycles. The lowest BCUT2D eigenvalue weighted by Gasteiger charge is -2.57. The highest BCUT2D eigenvalue weighted by atomic mass is 35.5. The quantitative estimate of drug-likeness (QED) is 0.0114. The van der Waals surface area contributed by atoms with E-state index in [0.717, 1.165) is 119 Å². The molecule has 0 radical (unpaired) electrons. The van der Waals surface area contributed by atoms with Crippen molar-refractivity contribution in [2.24, 2.45) is 34.6 Å². The fourth-order valence-corrected chi connectivity index (χ4v) is 18.3. The lowest BCUT2D eigenvalue weighted by atomic mass is 9.53. The van der Waals surface area contributed by atoms with Gasteiger partial charge in [-0.05, 0) is 212 Å². The van der Waals surface area contributed by atoms with Gasteiger partial charge in [-0.25, -0.2) is 14.6 Å². The van der Waals surface area contributed by atoms with Gasteiger partial charge in [-0.1, -0.05) is 42.8 Å². The number of amides is 6. The Bertz CT molecular complexity index is 4610. The normalized spacial score (nSPS) is 22.2. The van der Waals surface area contributed by atoms with E-state index < -0.39 is 24.0 Å². The number of ketones is 1. The summed E-state index contributed by atoms with van der Waals surface area (Å²) in [6.07, 6.45) is 20.8. The van der Waals surface area contributed by atoms with Gasteiger partial charge in [-0.3, -0.25) is 44.0 Å². The number of Topliss-reactive ketones (excluding diaryl/α,β-unsaturated/α-hetero) is 1. The zero-order chi connectivity index (χ0) is 77.9. The maximum Gasteiger partial charge on any atom is 0.411 e. The largest absolute Gasteiger partial charge is 0.493 e. The Hall–Kier alpha value is -9.95. The molecule has 110 heavy (non-hydrogen) atoms. The van der Waals surface area contributed by atoms with Crippen LogP contribution >= 0.6 is 23.4 Å². The molecule has 15 rings (SSSR count). The number of fused-ring (bicyclic) bond motifs is 4. The van der Waals surface area contributed by atoms with E-state index in [1.165, 1.54) is 68.5 Å². The summed E-state index contributed by atoms with van der Waals surface area (Å²) in [7, 11) is 3.20. The van der Waals surface area contributed by atoms with Gasteiger partial charge in [0.1, 0.15) is 36.0 Å². The van der Waals surface area contributed by atoms with Gasteiger partial charge in [0.15, 0.2) is 17.3 Å². The first kappa shape index (κ1) is 79.6. The van der Waals surface area contributed by atoms with Crippen LogP contribution in [0.2, 0.25) is 0 Å². The first-order chi connectivity index (χ1) is 53.0. The number of rotatable bonds is 25. The number of hydrogen-bond acceptors (Lipinski definition) is 18. The molecule has 2 aromatic heterocycles. The molecule has 7 aromatic rings. The number of anilines is 4. The van der Waals surface area contributed by atoms with Crippen LogP contribution in [0.1, 0.15) is 178 Å². The molecule has 5 aromatic carbocycles. The van der Waals surface area contributed by atoms with Gasteiger partial charge in [-0.15, -0.1) is 11.6 Å². The molecule has 3 unspecified atom stereocenters. The number of aromatic amines is 2. The summed E-state index contributed by atoms with van der Waals surface area (Å²) in [6, 6.07) is 26.7. The number of aromatic nitrogens is 3. The number of methoxy groups -OCH3 is 2. The van der Waals surface area contributed by atoms with Gasteiger partial charge in [0.25, 0.3) is 17.4 Å². The number of halogens is 1. The summed E-state index contributed by atoms with van der Waals surface area (Å²) in [5.41, 5.74) is 12.3. The standard InChI is InChI=1S/C39H40ClN3O6.C23H34N2O3S.C21H26N6O5/c1-23-36-25(18-34(46-2)37(23)47-3)17-31(42-36)38(44)43-21-26(20-40)35-30-12-8-7-11-29(30)33(19-32(35)43)48-22-24-13-15-27(16-14-24)41-39(45)49-28-9-5-4-6-10-28;1-29-19-9-20(26)25(22(19)28)13-14-2-4-18(5-3-14)21(27)24-23-10-15-6-16(11-23)8-17(7-15)12-23;1-12(28)4-9-16(20(31)32)25-19(30)14-5-7-15(8-6-14)23-10-3-11-24-17-13(2)18(29)27-21(22)26-17/h7-8,11-19,26,28,42H,4-6,9-10,20-22H2,1-3H3,(H,41,45);14-19H,2-13H2,1H3,(H,24,27);5-8,11,16,23H,3-4,9-10H2,1-2H3,(H,25,30)(H,31,32)(H3,22,26,27,29). The zero-order valence-electron chi connectivity index (χ0n) is 63.3. The predicted octanol–water partition coefficient (Wildman–Crippen LogP) is 13.9. The molecule has 25 nitrogen and oxygen atoms in total. The van der Waals surface area contributed by atoms with Crippen LogP contribution in [0.25, 0.3) is 21.7 Å². The number of H-pyrrole nitrogens is 2. The number of nitrogen functional groups attached to an aromatic ring is 1. The monoisotopic (exact) mass is 1540 g/mol. The van der Waals surface area contributed by atoms with Crippen molar-refractivity contribution < 1.29 is 62.4 Å². The first-order valence-electron chi connectivity index (χ1n) is 38.3. The van der Waals surface area contributed by atoms with Gasteiger partial charge in [0, 0.05) is 108 Å². The van der Waals surface area contributed by atoms with Crippen LogP contribution < -0.4 is 51.7 Å². The number of carboxylic acids is 1. The van der Waals surface area contributed by atoms with Crippen molar-refractivity contribution in [1.82, 2.24) is 30.5 Å². The smallest absolute Gasteiger partial charge is 0.411 e. The van der Waals surface area contributed by atoms with Crippen LogP contribution in [0.4, 0.5) is 33.6 Å². The maximum absolute atomic E-state index is 14.2. The van der Waals surface area contributed by atoms with E-state index in [1.807, 2.05) is 73.8 Å². The summed E-state index contributed by atoms with van der Waals surface area (Å²) < 4.78 is 23.2. The third-order valence-corrected chi connectivity index (χ3v) is 24.1. The Kier molecular flexibility index (Phi) is 25.9. The van der Waals surface area contributed by atoms with Crippen LogP contribution in [-0.4, -0.2) is 147 Å². The fourth-order valence-electron chi connectivity index (χ4n) is 17.4. The number of nitrogens with one attached hydrogen (secondary N) is 6. The van der Waals surface area contributed by atoms with Crippen LogP contribution in [-0.2, 0) is 35.3 Å². The Labute approximate surface area is 649 Å². The third-order valence-electron chi connectivity index (χ3n) is 22.8. The van der Waals surface area contributed by atoms with Gasteiger partial charge in [0.05, 0.1) is 36.2 Å². The minimum atomic E-state index is -1.19. The molecular weight excluding hydrogens is 1440 g/mol. The van der Waals surface area contributed by atoms with Crippen molar-refractivity contribution in [1.29, 1.82) is 0 Å². The van der Waals surface area contributed by atoms with Crippen molar-refractivity contribution in [3.63, 3.8) is 0 Å². The highest BCUT2D eigenvalue weighted by molar-refractivity contribution is 8.00. The summed E-state index contributed by atoms with van der Waals surface area (Å²) >= 11 is 8.01. The highest BCUT2D eigenvalue weighted by Gasteiger charge is 2.52. The number of nitrogens with zero attached hydrogens (tertiary/aromatic N) is 4. The summed E-state index contributed by atoms with van der Waals surface area (Å²) in [4.78, 5) is 128. The number of hydrogen-bond donors (Lipinski definition) is 8. The number of likely N-dealkylation sites (tertiary alicyclic amines) is 1. The topological polar surface area (TPSA) is 348 Å². The first-order valence-corrected chi connectivity index (χ1v) is 40.1. The highest BCUT2D eigenvalue weighted by Crippen LogP contribution is 2.56. The number of carboxylic acid groups (broad SMARTS) is 1. The molecule has 27 heteroatoms. The summed E-state index contributed by atoms with van der Waals surface area (Å²) in [6.45, 7) is 6.76. The second-order valence-electron chi connectivity index (χ2n) is 30.6. The molecule has 3 atom stereocenters. The van der Waals surface area contributed by atoms with E-state index in [1.54, 1.807) is 56.5 Å². The summed E-state index contributed by atoms with van der Waals surface area (Å²) in [5, 5.41) is 23.8. The number of thioether (sulfide) groups is 1. The average Bonchev–Trinajstić information content (AvgIpc) is 1.48. The van der Waals surface area contributed by atoms with Gasteiger partial charge in [0.2, 0.25) is 23.7 Å². The van der Waals surface area contributed by atoms with Crippen molar-refractivity contribution >= 4 is 127 Å². The van der Waals surface area contributed by atoms with Crippen LogP contribution in [0.15, 0.2) is 101 Å². The molecule has 6 saturated carbocycles. The van der Waals surface area contributed by atoms with Crippen molar-refractivity contribution in [3.8, 4) is 17.2 Å². The van der Waals surface area contributed by atoms with E-state index in [2.05, 4.69) is 47.3 Å². The molecule has 6 aliphatic carbocycles. The van der Waals surface area contributed by atoms with Gasteiger partial charge in [-0.2, -0.15) is 16.7 Å². The second kappa shape index (κ2) is 35.8. The SMILES string of the molecule is CC(=O)CCC(NC(=O)c1ccc(NCCC=Nc2nc(N)[nH]c(=O)c2C)cc1)C(=O)O.COc1cc2cc(C(=O)N3CC(CCl)c4c3cc(OCc3ccc(NC(=O)OC5CCCCC5)cc3)c3ccccc43)[nH]c2c(C)c1OC.CSC1CC(=O)N(CC2CCC(C(=O)NC34CC5CC(CC(C5)C3)C4)CC2)C1=O. The number of nitrogens with two attached hydrogens (primary N) is 1. The zero-order valence-corrected chi connectivity index (χ0v) is 64.9.